The molecule has 1 fully saturated rings. The molecule has 1 aliphatic rings. The van der Waals surface area contributed by atoms with Gasteiger partial charge in [0.25, 0.3) is 0 Å². The summed E-state index contributed by atoms with van der Waals surface area (Å²) in [5.74, 6) is 0.738. The maximum atomic E-state index is 13.5. The summed E-state index contributed by atoms with van der Waals surface area (Å²) < 4.78 is 13.5. The predicted octanol–water partition coefficient (Wildman–Crippen LogP) is 2.39. The number of nitrogens with zero attached hydrogens (tertiary/aromatic N) is 1. The van der Waals surface area contributed by atoms with Crippen LogP contribution in [0.5, 0.6) is 0 Å². The van der Waals surface area contributed by atoms with E-state index in [0.29, 0.717) is 18.4 Å². The van der Waals surface area contributed by atoms with Gasteiger partial charge in [-0.15, -0.1) is 0 Å². The molecule has 1 saturated heterocycles. The van der Waals surface area contributed by atoms with E-state index < -0.39 is 0 Å². The van der Waals surface area contributed by atoms with Gasteiger partial charge in [-0.25, -0.2) is 4.39 Å². The maximum absolute atomic E-state index is 13.5. The zero-order chi connectivity index (χ0) is 14.5. The van der Waals surface area contributed by atoms with Crippen LogP contribution in [0.4, 0.5) is 10.1 Å². The van der Waals surface area contributed by atoms with Gasteiger partial charge in [-0.05, 0) is 42.6 Å². The Morgan fingerprint density at radius 1 is 1.45 bits per heavy atom. The lowest BCUT2D eigenvalue weighted by atomic mass is 10.1. The number of benzene rings is 1. The van der Waals surface area contributed by atoms with Crippen molar-refractivity contribution < 1.29 is 9.50 Å². The second kappa shape index (κ2) is 7.04. The molecule has 3 nitrogen and oxygen atoms in total. The quantitative estimate of drug-likeness (QED) is 0.840. The second-order valence-electron chi connectivity index (χ2n) is 6.08. The molecule has 0 saturated carbocycles. The first-order valence-electron chi connectivity index (χ1n) is 7.45. The van der Waals surface area contributed by atoms with Crippen molar-refractivity contribution in [3.05, 3.63) is 29.6 Å². The van der Waals surface area contributed by atoms with Gasteiger partial charge < -0.3 is 15.3 Å². The van der Waals surface area contributed by atoms with Gasteiger partial charge in [0.15, 0.2) is 0 Å². The Balaban J connectivity index is 2.07. The van der Waals surface area contributed by atoms with Gasteiger partial charge in [0, 0.05) is 37.8 Å². The largest absolute Gasteiger partial charge is 0.396 e. The van der Waals surface area contributed by atoms with Crippen molar-refractivity contribution >= 4 is 5.69 Å². The summed E-state index contributed by atoms with van der Waals surface area (Å²) in [7, 11) is 0. The standard InChI is InChI=1S/C16H25FN2O/c1-12(2)8-18-9-14-7-15(17)3-4-16(14)19-6-5-13(10-19)11-20/h3-4,7,12-13,18,20H,5-6,8-11H2,1-2H3. The highest BCUT2D eigenvalue weighted by molar-refractivity contribution is 5.54. The molecule has 2 rings (SSSR count). The van der Waals surface area contributed by atoms with Crippen molar-refractivity contribution in [3.8, 4) is 0 Å². The number of aliphatic hydroxyl groups excluding tert-OH is 1. The topological polar surface area (TPSA) is 35.5 Å². The Hall–Kier alpha value is -1.13. The molecule has 0 aliphatic carbocycles. The fraction of sp³-hybridized carbons (Fsp3) is 0.625. The van der Waals surface area contributed by atoms with E-state index in [1.165, 1.54) is 6.07 Å². The molecule has 1 unspecified atom stereocenters. The third kappa shape index (κ3) is 3.93. The third-order valence-corrected chi connectivity index (χ3v) is 3.79. The van der Waals surface area contributed by atoms with Crippen LogP contribution < -0.4 is 10.2 Å². The van der Waals surface area contributed by atoms with Crippen molar-refractivity contribution in [2.24, 2.45) is 11.8 Å². The van der Waals surface area contributed by atoms with E-state index in [1.807, 2.05) is 6.07 Å². The second-order valence-corrected chi connectivity index (χ2v) is 6.08. The summed E-state index contributed by atoms with van der Waals surface area (Å²) in [4.78, 5) is 2.26. The van der Waals surface area contributed by atoms with Crippen molar-refractivity contribution in [1.82, 2.24) is 5.32 Å². The first-order chi connectivity index (χ1) is 9.60. The first-order valence-corrected chi connectivity index (χ1v) is 7.45. The van der Waals surface area contributed by atoms with Crippen molar-refractivity contribution in [1.29, 1.82) is 0 Å². The Labute approximate surface area is 120 Å². The monoisotopic (exact) mass is 280 g/mol. The minimum absolute atomic E-state index is 0.187. The van der Waals surface area contributed by atoms with E-state index in [4.69, 9.17) is 0 Å². The molecule has 1 aromatic carbocycles. The number of rotatable bonds is 6. The Morgan fingerprint density at radius 2 is 2.25 bits per heavy atom. The van der Waals surface area contributed by atoms with Crippen LogP contribution >= 0.6 is 0 Å². The zero-order valence-electron chi connectivity index (χ0n) is 12.4. The molecular weight excluding hydrogens is 255 g/mol. The summed E-state index contributed by atoms with van der Waals surface area (Å²) in [6.45, 7) is 7.96. The van der Waals surface area contributed by atoms with E-state index >= 15 is 0 Å². The number of aliphatic hydroxyl groups is 1. The molecule has 112 valence electrons. The van der Waals surface area contributed by atoms with Crippen LogP contribution in [0.15, 0.2) is 18.2 Å². The molecular formula is C16H25FN2O. The Kier molecular flexibility index (Phi) is 5.38. The molecule has 20 heavy (non-hydrogen) atoms. The Morgan fingerprint density at radius 3 is 2.90 bits per heavy atom. The molecule has 0 spiro atoms. The predicted molar refractivity (Wildman–Crippen MR) is 80.4 cm³/mol. The molecule has 1 aromatic rings. The molecule has 0 bridgehead atoms. The zero-order valence-corrected chi connectivity index (χ0v) is 12.4. The highest BCUT2D eigenvalue weighted by atomic mass is 19.1. The minimum atomic E-state index is -0.187. The van der Waals surface area contributed by atoms with E-state index in [0.717, 1.165) is 37.3 Å². The first kappa shape index (κ1) is 15.3. The number of hydrogen-bond donors (Lipinski definition) is 2. The summed E-state index contributed by atoms with van der Waals surface area (Å²) in [6, 6.07) is 5.00. The molecule has 2 N–H and O–H groups in total. The molecule has 4 heteroatoms. The normalized spacial score (nSPS) is 19.1. The summed E-state index contributed by atoms with van der Waals surface area (Å²) >= 11 is 0. The number of anilines is 1. The van der Waals surface area contributed by atoms with Crippen LogP contribution in [0.2, 0.25) is 0 Å². The third-order valence-electron chi connectivity index (χ3n) is 3.79. The van der Waals surface area contributed by atoms with Crippen LogP contribution in [0, 0.1) is 17.7 Å². The maximum Gasteiger partial charge on any atom is 0.123 e. The lowest BCUT2D eigenvalue weighted by molar-refractivity contribution is 0.238. The lowest BCUT2D eigenvalue weighted by Crippen LogP contribution is -2.25. The van der Waals surface area contributed by atoms with Gasteiger partial charge in [0.1, 0.15) is 5.82 Å². The molecule has 0 amide bonds. The minimum Gasteiger partial charge on any atom is -0.396 e. The van der Waals surface area contributed by atoms with Crippen molar-refractivity contribution in [2.45, 2.75) is 26.8 Å². The van der Waals surface area contributed by atoms with Crippen LogP contribution in [0.1, 0.15) is 25.8 Å². The number of nitrogens with one attached hydrogen (secondary N) is 1. The van der Waals surface area contributed by atoms with Gasteiger partial charge in [0.05, 0.1) is 0 Å². The molecule has 0 radical (unpaired) electrons. The van der Waals surface area contributed by atoms with Gasteiger partial charge >= 0.3 is 0 Å². The van der Waals surface area contributed by atoms with Gasteiger partial charge in [-0.3, -0.25) is 0 Å². The van der Waals surface area contributed by atoms with Crippen LogP contribution in [-0.2, 0) is 6.54 Å². The smallest absolute Gasteiger partial charge is 0.123 e. The Bertz CT molecular complexity index is 436. The molecule has 1 atom stereocenters. The highest BCUT2D eigenvalue weighted by Gasteiger charge is 2.23. The van der Waals surface area contributed by atoms with E-state index in [2.05, 4.69) is 24.1 Å². The van der Waals surface area contributed by atoms with E-state index in [1.54, 1.807) is 6.07 Å². The SMILES string of the molecule is CC(C)CNCc1cc(F)ccc1N1CCC(CO)C1. The van der Waals surface area contributed by atoms with Crippen molar-refractivity contribution in [3.63, 3.8) is 0 Å². The van der Waals surface area contributed by atoms with Crippen LogP contribution in [-0.4, -0.2) is 31.3 Å². The number of halogens is 1. The van der Waals surface area contributed by atoms with Crippen molar-refractivity contribution in [2.75, 3.05) is 31.1 Å². The summed E-state index contributed by atoms with van der Waals surface area (Å²) in [5, 5.41) is 12.6. The fourth-order valence-corrected chi connectivity index (χ4v) is 2.70. The molecule has 1 aliphatic heterocycles. The highest BCUT2D eigenvalue weighted by Crippen LogP contribution is 2.27. The average molecular weight is 280 g/mol. The summed E-state index contributed by atoms with van der Waals surface area (Å²) in [5.41, 5.74) is 2.10. The molecule has 0 aromatic heterocycles. The van der Waals surface area contributed by atoms with Crippen LogP contribution in [0.25, 0.3) is 0 Å². The van der Waals surface area contributed by atoms with Gasteiger partial charge in [0.2, 0.25) is 0 Å². The fourth-order valence-electron chi connectivity index (χ4n) is 2.70. The molecule has 1 heterocycles. The van der Waals surface area contributed by atoms with Crippen LogP contribution in [0.3, 0.4) is 0 Å². The van der Waals surface area contributed by atoms with Gasteiger partial charge in [-0.2, -0.15) is 0 Å². The van der Waals surface area contributed by atoms with E-state index in [-0.39, 0.29) is 12.4 Å². The lowest BCUT2D eigenvalue weighted by Gasteiger charge is -2.22. The number of hydrogen-bond acceptors (Lipinski definition) is 3. The van der Waals surface area contributed by atoms with Gasteiger partial charge in [-0.1, -0.05) is 13.8 Å². The summed E-state index contributed by atoms with van der Waals surface area (Å²) in [6.07, 6.45) is 1.01. The van der Waals surface area contributed by atoms with E-state index in [9.17, 15) is 9.50 Å². The average Bonchev–Trinajstić information content (AvgIpc) is 2.87.